The van der Waals surface area contributed by atoms with Gasteiger partial charge in [-0.3, -0.25) is 4.79 Å². The van der Waals surface area contributed by atoms with Crippen LogP contribution < -0.4 is 11.1 Å². The summed E-state index contributed by atoms with van der Waals surface area (Å²) in [7, 11) is 0. The number of nitrogens with one attached hydrogen (secondary N) is 1. The van der Waals surface area contributed by atoms with Gasteiger partial charge in [-0.05, 0) is 35.8 Å². The van der Waals surface area contributed by atoms with Gasteiger partial charge in [-0.1, -0.05) is 13.8 Å². The first-order valence-electron chi connectivity index (χ1n) is 5.44. The summed E-state index contributed by atoms with van der Waals surface area (Å²) in [6.07, 6.45) is 0. The lowest BCUT2D eigenvalue weighted by atomic mass is 9.91. The molecule has 0 bridgehead atoms. The third-order valence-corrected chi connectivity index (χ3v) is 4.57. The summed E-state index contributed by atoms with van der Waals surface area (Å²) < 4.78 is 1.08. The molecule has 1 amide bonds. The second-order valence-corrected chi connectivity index (χ2v) is 7.24. The fraction of sp³-hybridized carbons (Fsp3) is 0.583. The molecule has 0 unspecified atom stereocenters. The van der Waals surface area contributed by atoms with Gasteiger partial charge in [0.1, 0.15) is 0 Å². The maximum atomic E-state index is 11.7. The van der Waals surface area contributed by atoms with Crippen LogP contribution in [0.3, 0.4) is 0 Å². The average Bonchev–Trinajstić information content (AvgIpc) is 2.60. The van der Waals surface area contributed by atoms with Crippen molar-refractivity contribution >= 4 is 33.2 Å². The van der Waals surface area contributed by atoms with E-state index in [4.69, 9.17) is 5.73 Å². The second-order valence-electron chi connectivity index (χ2n) is 5.42. The van der Waals surface area contributed by atoms with Crippen LogP contribution in [0.25, 0.3) is 0 Å². The van der Waals surface area contributed by atoms with Gasteiger partial charge in [0, 0.05) is 26.7 Å². The molecular formula is C12H19BrN2OS. The van der Waals surface area contributed by atoms with E-state index in [1.165, 1.54) is 4.88 Å². The highest BCUT2D eigenvalue weighted by molar-refractivity contribution is 9.10. The van der Waals surface area contributed by atoms with E-state index in [9.17, 15) is 4.79 Å². The van der Waals surface area contributed by atoms with Crippen molar-refractivity contribution in [1.82, 2.24) is 5.32 Å². The zero-order chi connectivity index (χ0) is 13.3. The monoisotopic (exact) mass is 318 g/mol. The van der Waals surface area contributed by atoms with Crippen molar-refractivity contribution in [2.45, 2.75) is 38.6 Å². The van der Waals surface area contributed by atoms with E-state index in [2.05, 4.69) is 41.2 Å². The number of hydrogen-bond acceptors (Lipinski definition) is 3. The molecular weight excluding hydrogens is 300 g/mol. The summed E-state index contributed by atoms with van der Waals surface area (Å²) in [6, 6.07) is 2.09. The first-order chi connectivity index (χ1) is 7.63. The number of thiophene rings is 1. The standard InChI is InChI=1S/C12H19BrN2OS/c1-11(2,9-5-8(13)6-17-9)7-15-10(16)12(3,4)14/h5-6H,7,14H2,1-4H3,(H,15,16). The van der Waals surface area contributed by atoms with Crippen molar-refractivity contribution < 1.29 is 4.79 Å². The third kappa shape index (κ3) is 4.08. The highest BCUT2D eigenvalue weighted by Gasteiger charge is 2.27. The first kappa shape index (κ1) is 14.7. The highest BCUT2D eigenvalue weighted by atomic mass is 79.9. The molecule has 0 saturated heterocycles. The largest absolute Gasteiger partial charge is 0.354 e. The lowest BCUT2D eigenvalue weighted by Gasteiger charge is -2.26. The van der Waals surface area contributed by atoms with Gasteiger partial charge < -0.3 is 11.1 Å². The molecule has 0 fully saturated rings. The van der Waals surface area contributed by atoms with E-state index in [1.807, 2.05) is 5.38 Å². The Labute approximate surface area is 115 Å². The van der Waals surface area contributed by atoms with Crippen LogP contribution in [0, 0.1) is 0 Å². The minimum Gasteiger partial charge on any atom is -0.354 e. The molecule has 0 aliphatic carbocycles. The van der Waals surface area contributed by atoms with Crippen LogP contribution in [0.2, 0.25) is 0 Å². The molecule has 0 saturated carbocycles. The van der Waals surface area contributed by atoms with E-state index < -0.39 is 5.54 Å². The number of rotatable bonds is 4. The van der Waals surface area contributed by atoms with Crippen molar-refractivity contribution in [2.24, 2.45) is 5.73 Å². The molecule has 0 aliphatic heterocycles. The minimum atomic E-state index is -0.827. The minimum absolute atomic E-state index is 0.0857. The van der Waals surface area contributed by atoms with E-state index in [0.717, 1.165) is 4.47 Å². The van der Waals surface area contributed by atoms with Crippen LogP contribution in [-0.2, 0) is 10.2 Å². The molecule has 1 rings (SSSR count). The Morgan fingerprint density at radius 1 is 1.47 bits per heavy atom. The molecule has 3 nitrogen and oxygen atoms in total. The molecule has 0 aromatic carbocycles. The molecule has 1 aromatic rings. The first-order valence-corrected chi connectivity index (χ1v) is 7.12. The number of carbonyl (C=O) groups is 1. The van der Waals surface area contributed by atoms with E-state index in [-0.39, 0.29) is 11.3 Å². The highest BCUT2D eigenvalue weighted by Crippen LogP contribution is 2.31. The number of nitrogens with two attached hydrogens (primary N) is 1. The van der Waals surface area contributed by atoms with Gasteiger partial charge in [0.25, 0.3) is 0 Å². The number of halogens is 1. The van der Waals surface area contributed by atoms with Crippen LogP contribution in [-0.4, -0.2) is 18.0 Å². The van der Waals surface area contributed by atoms with Gasteiger partial charge in [-0.2, -0.15) is 0 Å². The Bertz CT molecular complexity index is 407. The average molecular weight is 319 g/mol. The summed E-state index contributed by atoms with van der Waals surface area (Å²) >= 11 is 5.13. The van der Waals surface area contributed by atoms with Gasteiger partial charge in [0.15, 0.2) is 0 Å². The SMILES string of the molecule is CC(C)(N)C(=O)NCC(C)(C)c1cc(Br)cs1. The molecule has 5 heteroatoms. The van der Waals surface area contributed by atoms with E-state index in [1.54, 1.807) is 25.2 Å². The molecule has 0 aliphatic rings. The molecule has 0 atom stereocenters. The van der Waals surface area contributed by atoms with Crippen LogP contribution >= 0.6 is 27.3 Å². The van der Waals surface area contributed by atoms with E-state index >= 15 is 0 Å². The summed E-state index contributed by atoms with van der Waals surface area (Å²) in [5, 5.41) is 4.95. The maximum absolute atomic E-state index is 11.7. The Morgan fingerprint density at radius 3 is 2.47 bits per heavy atom. The van der Waals surface area contributed by atoms with Gasteiger partial charge in [-0.15, -0.1) is 11.3 Å². The van der Waals surface area contributed by atoms with Crippen molar-refractivity contribution in [3.63, 3.8) is 0 Å². The van der Waals surface area contributed by atoms with Gasteiger partial charge in [0.05, 0.1) is 5.54 Å². The summed E-state index contributed by atoms with van der Waals surface area (Å²) in [6.45, 7) is 8.21. The zero-order valence-corrected chi connectivity index (χ0v) is 13.0. The zero-order valence-electron chi connectivity index (χ0n) is 10.6. The molecule has 96 valence electrons. The number of hydrogen-bond donors (Lipinski definition) is 2. The fourth-order valence-corrected chi connectivity index (χ4v) is 2.84. The fourth-order valence-electron chi connectivity index (χ4n) is 1.28. The van der Waals surface area contributed by atoms with Crippen LogP contribution in [0.15, 0.2) is 15.9 Å². The molecule has 1 aromatic heterocycles. The molecule has 0 spiro atoms. The lowest BCUT2D eigenvalue weighted by Crippen LogP contribution is -2.51. The van der Waals surface area contributed by atoms with Crippen LogP contribution in [0.5, 0.6) is 0 Å². The van der Waals surface area contributed by atoms with Crippen LogP contribution in [0.4, 0.5) is 0 Å². The van der Waals surface area contributed by atoms with Gasteiger partial charge in [-0.25, -0.2) is 0 Å². The van der Waals surface area contributed by atoms with Crippen molar-refractivity contribution in [2.75, 3.05) is 6.54 Å². The predicted molar refractivity (Wildman–Crippen MR) is 76.3 cm³/mol. The normalized spacial score (nSPS) is 12.6. The lowest BCUT2D eigenvalue weighted by molar-refractivity contribution is -0.125. The van der Waals surface area contributed by atoms with Gasteiger partial charge in [0.2, 0.25) is 5.91 Å². The topological polar surface area (TPSA) is 55.1 Å². The van der Waals surface area contributed by atoms with Crippen molar-refractivity contribution in [1.29, 1.82) is 0 Å². The van der Waals surface area contributed by atoms with Crippen molar-refractivity contribution in [3.05, 3.63) is 20.8 Å². The number of carbonyl (C=O) groups excluding carboxylic acids is 1. The van der Waals surface area contributed by atoms with Gasteiger partial charge >= 0.3 is 0 Å². The second kappa shape index (κ2) is 5.08. The predicted octanol–water partition coefficient (Wildman–Crippen LogP) is 2.64. The molecule has 1 heterocycles. The Hall–Kier alpha value is -0.390. The Kier molecular flexibility index (Phi) is 4.38. The van der Waals surface area contributed by atoms with Crippen LogP contribution in [0.1, 0.15) is 32.6 Å². The molecule has 3 N–H and O–H groups in total. The Morgan fingerprint density at radius 2 is 2.06 bits per heavy atom. The summed E-state index contributed by atoms with van der Waals surface area (Å²) in [5.41, 5.74) is 4.82. The summed E-state index contributed by atoms with van der Waals surface area (Å²) in [4.78, 5) is 12.9. The number of amides is 1. The van der Waals surface area contributed by atoms with Crippen molar-refractivity contribution in [3.8, 4) is 0 Å². The molecule has 17 heavy (non-hydrogen) atoms. The third-order valence-electron chi connectivity index (χ3n) is 2.51. The quantitative estimate of drug-likeness (QED) is 0.896. The Balaban J connectivity index is 2.65. The maximum Gasteiger partial charge on any atom is 0.239 e. The van der Waals surface area contributed by atoms with E-state index in [0.29, 0.717) is 6.54 Å². The summed E-state index contributed by atoms with van der Waals surface area (Å²) in [5.74, 6) is -0.124. The smallest absolute Gasteiger partial charge is 0.239 e. The molecule has 0 radical (unpaired) electrons.